The highest BCUT2D eigenvalue weighted by Crippen LogP contribution is 2.39. The standard InChI is InChI=1S/C29H40N6O3S2/c1-20-24(18-33-14-9-23(17-33)34-10-7-8-11-34)26-27(39-20)25(31-29(32-26)35-12-5-4-6-13-35)21-15-22(19-40(3,36)37)28(38-2)30-16-21/h15-16,23H,4-14,17-19H2,1-3H3/t23-/m0/s1. The second-order valence-corrected chi connectivity index (χ2v) is 15.0. The molecule has 3 aromatic rings. The number of pyridine rings is 1. The molecule has 3 aliphatic heterocycles. The van der Waals surface area contributed by atoms with Crippen LogP contribution in [0.3, 0.4) is 0 Å². The summed E-state index contributed by atoms with van der Waals surface area (Å²) in [5.74, 6) is 0.963. The van der Waals surface area contributed by atoms with Crippen LogP contribution in [0.2, 0.25) is 0 Å². The van der Waals surface area contributed by atoms with Crippen molar-refractivity contribution in [3.8, 4) is 17.1 Å². The fourth-order valence-corrected chi connectivity index (χ4v) is 8.41. The molecule has 0 amide bonds. The number of rotatable bonds is 8. The number of likely N-dealkylation sites (tertiary alicyclic amines) is 2. The van der Waals surface area contributed by atoms with Gasteiger partial charge >= 0.3 is 0 Å². The van der Waals surface area contributed by atoms with Gasteiger partial charge in [-0.1, -0.05) is 0 Å². The van der Waals surface area contributed by atoms with Gasteiger partial charge in [0.25, 0.3) is 0 Å². The van der Waals surface area contributed by atoms with E-state index in [1.165, 1.54) is 62.6 Å². The number of piperidine rings is 1. The highest BCUT2D eigenvalue weighted by molar-refractivity contribution is 7.89. The van der Waals surface area contributed by atoms with Crippen LogP contribution in [-0.4, -0.2) is 91.8 Å². The summed E-state index contributed by atoms with van der Waals surface area (Å²) < 4.78 is 30.8. The molecule has 0 N–H and O–H groups in total. The van der Waals surface area contributed by atoms with Crippen molar-refractivity contribution in [2.24, 2.45) is 0 Å². The number of sulfone groups is 1. The molecule has 3 saturated heterocycles. The topological polar surface area (TPSA) is 91.8 Å². The number of hydrogen-bond acceptors (Lipinski definition) is 10. The number of nitrogens with zero attached hydrogens (tertiary/aromatic N) is 6. The minimum absolute atomic E-state index is 0.133. The summed E-state index contributed by atoms with van der Waals surface area (Å²) in [6, 6.07) is 2.55. The number of thiophene rings is 1. The van der Waals surface area contributed by atoms with E-state index in [-0.39, 0.29) is 5.75 Å². The summed E-state index contributed by atoms with van der Waals surface area (Å²) in [6.07, 6.45) is 10.4. The van der Waals surface area contributed by atoms with Gasteiger partial charge in [0.2, 0.25) is 11.8 Å². The van der Waals surface area contributed by atoms with E-state index in [0.717, 1.165) is 73.0 Å². The smallest absolute Gasteiger partial charge is 0.226 e. The average Bonchev–Trinajstić information content (AvgIpc) is 3.69. The largest absolute Gasteiger partial charge is 0.481 e. The molecule has 3 aromatic heterocycles. The molecule has 1 atom stereocenters. The summed E-state index contributed by atoms with van der Waals surface area (Å²) in [5, 5.41) is 0. The molecule has 0 spiro atoms. The monoisotopic (exact) mass is 584 g/mol. The van der Waals surface area contributed by atoms with Gasteiger partial charge in [0, 0.05) is 72.8 Å². The highest BCUT2D eigenvalue weighted by atomic mass is 32.2. The van der Waals surface area contributed by atoms with Crippen molar-refractivity contribution in [3.63, 3.8) is 0 Å². The number of aryl methyl sites for hydroxylation is 1. The molecule has 6 heterocycles. The molecule has 3 fully saturated rings. The minimum Gasteiger partial charge on any atom is -0.481 e. The van der Waals surface area contributed by atoms with Crippen LogP contribution in [0, 0.1) is 6.92 Å². The Morgan fingerprint density at radius 2 is 1.80 bits per heavy atom. The van der Waals surface area contributed by atoms with Crippen molar-refractivity contribution in [1.82, 2.24) is 24.8 Å². The van der Waals surface area contributed by atoms with Crippen LogP contribution in [0.1, 0.15) is 54.5 Å². The van der Waals surface area contributed by atoms with Crippen molar-refractivity contribution in [1.29, 1.82) is 0 Å². The molecule has 0 aliphatic carbocycles. The van der Waals surface area contributed by atoms with Gasteiger partial charge in [-0.25, -0.2) is 23.4 Å². The van der Waals surface area contributed by atoms with E-state index in [4.69, 9.17) is 14.7 Å². The number of fused-ring (bicyclic) bond motifs is 1. The summed E-state index contributed by atoms with van der Waals surface area (Å²) in [4.78, 5) is 23.7. The molecule has 9 nitrogen and oxygen atoms in total. The lowest BCUT2D eigenvalue weighted by Gasteiger charge is -2.27. The summed E-state index contributed by atoms with van der Waals surface area (Å²) in [5.41, 5.74) is 4.49. The molecule has 0 radical (unpaired) electrons. The van der Waals surface area contributed by atoms with E-state index >= 15 is 0 Å². The first kappa shape index (κ1) is 27.8. The number of methoxy groups -OCH3 is 1. The summed E-state index contributed by atoms with van der Waals surface area (Å²) in [7, 11) is -1.75. The van der Waals surface area contributed by atoms with Crippen molar-refractivity contribution >= 4 is 37.3 Å². The van der Waals surface area contributed by atoms with Gasteiger partial charge in [-0.15, -0.1) is 11.3 Å². The Morgan fingerprint density at radius 3 is 2.52 bits per heavy atom. The zero-order valence-electron chi connectivity index (χ0n) is 23.9. The molecule has 40 heavy (non-hydrogen) atoms. The molecule has 6 rings (SSSR count). The zero-order valence-corrected chi connectivity index (χ0v) is 25.5. The maximum absolute atomic E-state index is 12.2. The van der Waals surface area contributed by atoms with Crippen molar-refractivity contribution in [3.05, 3.63) is 28.3 Å². The van der Waals surface area contributed by atoms with Gasteiger partial charge in [0.1, 0.15) is 0 Å². The third-order valence-corrected chi connectivity index (χ3v) is 10.5. The summed E-state index contributed by atoms with van der Waals surface area (Å²) >= 11 is 1.74. The first-order valence-corrected chi connectivity index (χ1v) is 17.4. The molecule has 3 aliphatic rings. The Labute approximate surface area is 241 Å². The van der Waals surface area contributed by atoms with Crippen molar-refractivity contribution in [2.45, 2.75) is 63.8 Å². The Bertz CT molecular complexity index is 1480. The van der Waals surface area contributed by atoms with Gasteiger partial charge in [-0.2, -0.15) is 0 Å². The second kappa shape index (κ2) is 11.5. The lowest BCUT2D eigenvalue weighted by Crippen LogP contribution is -2.35. The third-order valence-electron chi connectivity index (χ3n) is 8.55. The highest BCUT2D eigenvalue weighted by Gasteiger charge is 2.31. The summed E-state index contributed by atoms with van der Waals surface area (Å²) in [6.45, 7) is 9.71. The fraction of sp³-hybridized carbons (Fsp3) is 0.621. The maximum atomic E-state index is 12.2. The Kier molecular flexibility index (Phi) is 8.00. The van der Waals surface area contributed by atoms with Crippen LogP contribution in [0.4, 0.5) is 5.95 Å². The maximum Gasteiger partial charge on any atom is 0.226 e. The van der Waals surface area contributed by atoms with Crippen LogP contribution in [0.25, 0.3) is 21.5 Å². The van der Waals surface area contributed by atoms with Crippen molar-refractivity contribution in [2.75, 3.05) is 57.5 Å². The molecular weight excluding hydrogens is 544 g/mol. The molecule has 11 heteroatoms. The van der Waals surface area contributed by atoms with E-state index in [1.54, 1.807) is 17.5 Å². The first-order chi connectivity index (χ1) is 19.3. The van der Waals surface area contributed by atoms with Gasteiger partial charge in [-0.3, -0.25) is 9.80 Å². The van der Waals surface area contributed by atoms with Crippen LogP contribution in [0.15, 0.2) is 12.3 Å². The molecule has 0 unspecified atom stereocenters. The van der Waals surface area contributed by atoms with E-state index < -0.39 is 9.84 Å². The molecular formula is C29H40N6O3S2. The van der Waals surface area contributed by atoms with Gasteiger partial charge in [0.05, 0.1) is 28.8 Å². The normalized spacial score (nSPS) is 21.1. The van der Waals surface area contributed by atoms with E-state index in [2.05, 4.69) is 26.6 Å². The van der Waals surface area contributed by atoms with Gasteiger partial charge in [-0.05, 0) is 64.6 Å². The van der Waals surface area contributed by atoms with Crippen LogP contribution >= 0.6 is 11.3 Å². The van der Waals surface area contributed by atoms with Gasteiger partial charge in [0.15, 0.2) is 9.84 Å². The van der Waals surface area contributed by atoms with Crippen LogP contribution in [0.5, 0.6) is 5.88 Å². The number of anilines is 1. The number of aromatic nitrogens is 3. The predicted octanol–water partition coefficient (Wildman–Crippen LogP) is 4.28. The van der Waals surface area contributed by atoms with Crippen LogP contribution in [-0.2, 0) is 22.1 Å². The molecule has 216 valence electrons. The van der Waals surface area contributed by atoms with E-state index in [9.17, 15) is 8.42 Å². The lowest BCUT2D eigenvalue weighted by molar-refractivity contribution is 0.230. The molecule has 0 bridgehead atoms. The Hall–Kier alpha value is -2.34. The molecule has 0 aromatic carbocycles. The second-order valence-electron chi connectivity index (χ2n) is 11.6. The quantitative estimate of drug-likeness (QED) is 0.385. The average molecular weight is 585 g/mol. The predicted molar refractivity (Wildman–Crippen MR) is 161 cm³/mol. The SMILES string of the molecule is COc1ncc(-c2nc(N3CCCCC3)nc3c(CN4CC[C@H](N5CCCC5)C4)c(C)sc23)cc1CS(C)(=O)=O. The van der Waals surface area contributed by atoms with Gasteiger partial charge < -0.3 is 9.64 Å². The van der Waals surface area contributed by atoms with Crippen LogP contribution < -0.4 is 9.64 Å². The lowest BCUT2D eigenvalue weighted by atomic mass is 10.1. The van der Waals surface area contributed by atoms with E-state index in [1.807, 2.05) is 6.07 Å². The molecule has 0 saturated carbocycles. The number of ether oxygens (including phenoxy) is 1. The Balaban J connectivity index is 1.41. The first-order valence-electron chi connectivity index (χ1n) is 14.5. The fourth-order valence-electron chi connectivity index (χ4n) is 6.52. The minimum atomic E-state index is -3.27. The van der Waals surface area contributed by atoms with E-state index in [0.29, 0.717) is 17.5 Å². The number of hydrogen-bond donors (Lipinski definition) is 0. The zero-order chi connectivity index (χ0) is 27.9. The third kappa shape index (κ3) is 5.84. The van der Waals surface area contributed by atoms with Crippen molar-refractivity contribution < 1.29 is 13.2 Å². The Morgan fingerprint density at radius 1 is 1.05 bits per heavy atom.